The van der Waals surface area contributed by atoms with Crippen LogP contribution in [-0.4, -0.2) is 35.1 Å². The third-order valence-electron chi connectivity index (χ3n) is 5.20. The molecule has 4 rings (SSSR count). The molecule has 1 atom stereocenters. The lowest BCUT2D eigenvalue weighted by Gasteiger charge is -2.16. The number of rotatable bonds is 6. The van der Waals surface area contributed by atoms with Gasteiger partial charge in [-0.1, -0.05) is 12.1 Å². The van der Waals surface area contributed by atoms with Crippen LogP contribution in [0.1, 0.15) is 53.2 Å². The van der Waals surface area contributed by atoms with Crippen molar-refractivity contribution in [2.45, 2.75) is 37.8 Å². The Bertz CT molecular complexity index is 888. The molecule has 2 aromatic carbocycles. The quantitative estimate of drug-likeness (QED) is 0.747. The number of nitrogens with zero attached hydrogens (tertiary/aromatic N) is 1. The van der Waals surface area contributed by atoms with Crippen molar-refractivity contribution < 1.29 is 19.4 Å². The Labute approximate surface area is 168 Å². The number of aliphatic imine (C=N–C) groups is 1. The van der Waals surface area contributed by atoms with Gasteiger partial charge in [-0.3, -0.25) is 4.99 Å². The van der Waals surface area contributed by atoms with Crippen molar-refractivity contribution in [1.29, 1.82) is 0 Å². The molecule has 1 N–H and O–H groups in total. The van der Waals surface area contributed by atoms with Gasteiger partial charge in [0.25, 0.3) is 0 Å². The van der Waals surface area contributed by atoms with Crippen molar-refractivity contribution >= 4 is 22.8 Å². The zero-order valence-electron chi connectivity index (χ0n) is 15.8. The predicted octanol–water partition coefficient (Wildman–Crippen LogP) is 4.95. The average Bonchev–Trinajstić information content (AvgIpc) is 3.40. The first-order valence-corrected chi connectivity index (χ1v) is 10.5. The highest BCUT2D eigenvalue weighted by Crippen LogP contribution is 2.37. The molecule has 5 nitrogen and oxygen atoms in total. The first kappa shape index (κ1) is 18.9. The van der Waals surface area contributed by atoms with E-state index in [0.29, 0.717) is 5.56 Å². The van der Waals surface area contributed by atoms with Crippen LogP contribution in [-0.2, 0) is 0 Å². The Balaban J connectivity index is 1.54. The van der Waals surface area contributed by atoms with Crippen LogP contribution in [0.15, 0.2) is 47.5 Å². The second-order valence-corrected chi connectivity index (χ2v) is 8.09. The number of hydrogen-bond donors (Lipinski definition) is 1. The summed E-state index contributed by atoms with van der Waals surface area (Å²) < 4.78 is 11.7. The molecule has 1 aliphatic carbocycles. The lowest BCUT2D eigenvalue weighted by Crippen LogP contribution is -2.12. The molecule has 2 aromatic rings. The van der Waals surface area contributed by atoms with Gasteiger partial charge in [-0.2, -0.15) is 0 Å². The van der Waals surface area contributed by atoms with Gasteiger partial charge in [-0.05, 0) is 61.6 Å². The van der Waals surface area contributed by atoms with Crippen LogP contribution in [0.4, 0.5) is 0 Å². The number of carboxylic acid groups (broad SMARTS) is 1. The lowest BCUT2D eigenvalue weighted by atomic mass is 10.1. The van der Waals surface area contributed by atoms with E-state index in [0.717, 1.165) is 46.3 Å². The maximum atomic E-state index is 11.0. The molecule has 2 aliphatic rings. The van der Waals surface area contributed by atoms with Crippen LogP contribution >= 0.6 is 11.8 Å². The molecule has 1 unspecified atom stereocenters. The minimum Gasteiger partial charge on any atom is -0.493 e. The highest BCUT2D eigenvalue weighted by Gasteiger charge is 2.23. The number of methoxy groups -OCH3 is 1. The molecule has 0 bridgehead atoms. The van der Waals surface area contributed by atoms with E-state index in [4.69, 9.17) is 19.6 Å². The average molecular weight is 397 g/mol. The molecule has 28 heavy (non-hydrogen) atoms. The van der Waals surface area contributed by atoms with Crippen LogP contribution in [0.25, 0.3) is 0 Å². The fraction of sp³-hybridized carbons (Fsp3) is 0.364. The molecule has 0 saturated heterocycles. The molecule has 0 amide bonds. The highest BCUT2D eigenvalue weighted by molar-refractivity contribution is 8.14. The Morgan fingerprint density at radius 1 is 1.11 bits per heavy atom. The number of ether oxygens (including phenoxy) is 2. The fourth-order valence-electron chi connectivity index (χ4n) is 3.64. The van der Waals surface area contributed by atoms with Crippen molar-refractivity contribution in [2.24, 2.45) is 4.99 Å². The number of thioether (sulfide) groups is 1. The Hall–Kier alpha value is -2.47. The van der Waals surface area contributed by atoms with Crippen molar-refractivity contribution in [1.82, 2.24) is 0 Å². The van der Waals surface area contributed by atoms with Crippen molar-refractivity contribution in [2.75, 3.05) is 12.9 Å². The Morgan fingerprint density at radius 2 is 1.86 bits per heavy atom. The first-order chi connectivity index (χ1) is 13.6. The van der Waals surface area contributed by atoms with Crippen LogP contribution in [0.2, 0.25) is 0 Å². The molecular formula is C22H23NO4S. The number of benzene rings is 2. The van der Waals surface area contributed by atoms with Crippen LogP contribution in [0, 0.1) is 0 Å². The van der Waals surface area contributed by atoms with Crippen LogP contribution < -0.4 is 9.47 Å². The van der Waals surface area contributed by atoms with Crippen molar-refractivity contribution in [3.05, 3.63) is 59.2 Å². The van der Waals surface area contributed by atoms with Crippen molar-refractivity contribution in [3.63, 3.8) is 0 Å². The molecule has 0 radical (unpaired) electrons. The SMILES string of the molecule is COc1ccc(C2=NC(c3ccc(C(=O)O)cc3)CS2)cc1OC1CCCC1. The van der Waals surface area contributed by atoms with Gasteiger partial charge in [0.1, 0.15) is 0 Å². The van der Waals surface area contributed by atoms with Crippen molar-refractivity contribution in [3.8, 4) is 11.5 Å². The van der Waals surface area contributed by atoms with Gasteiger partial charge in [-0.25, -0.2) is 4.79 Å². The third kappa shape index (κ3) is 4.02. The van der Waals surface area contributed by atoms with Gasteiger partial charge >= 0.3 is 5.97 Å². The minimum absolute atomic E-state index is 0.0316. The molecule has 6 heteroatoms. The van der Waals surface area contributed by atoms with E-state index < -0.39 is 5.97 Å². The second-order valence-electron chi connectivity index (χ2n) is 7.08. The van der Waals surface area contributed by atoms with Crippen LogP contribution in [0.5, 0.6) is 11.5 Å². The summed E-state index contributed by atoms with van der Waals surface area (Å²) in [6, 6.07) is 13.0. The summed E-state index contributed by atoms with van der Waals surface area (Å²) in [7, 11) is 1.66. The number of aromatic carboxylic acids is 1. The summed E-state index contributed by atoms with van der Waals surface area (Å²) in [5.41, 5.74) is 2.36. The van der Waals surface area contributed by atoms with E-state index in [2.05, 4.69) is 0 Å². The lowest BCUT2D eigenvalue weighted by molar-refractivity contribution is 0.0697. The molecule has 0 aromatic heterocycles. The summed E-state index contributed by atoms with van der Waals surface area (Å²) in [5.74, 6) is 1.46. The summed E-state index contributed by atoms with van der Waals surface area (Å²) in [6.07, 6.45) is 4.90. The standard InChI is InChI=1S/C22H23NO4S/c1-26-19-11-10-16(12-20(19)27-17-4-2-3-5-17)21-23-18(13-28-21)14-6-8-15(9-7-14)22(24)25/h6-12,17-18H,2-5,13H2,1H3,(H,24,25). The van der Waals surface area contributed by atoms with E-state index in [1.807, 2.05) is 30.3 Å². The second kappa shape index (κ2) is 8.27. The third-order valence-corrected chi connectivity index (χ3v) is 6.30. The Morgan fingerprint density at radius 3 is 2.54 bits per heavy atom. The zero-order chi connectivity index (χ0) is 19.5. The molecule has 146 valence electrons. The highest BCUT2D eigenvalue weighted by atomic mass is 32.2. The van der Waals surface area contributed by atoms with Gasteiger partial charge in [0, 0.05) is 11.3 Å². The summed E-state index contributed by atoms with van der Waals surface area (Å²) in [6.45, 7) is 0. The van der Waals surface area contributed by atoms with Gasteiger partial charge < -0.3 is 14.6 Å². The number of carbonyl (C=O) groups is 1. The summed E-state index contributed by atoms with van der Waals surface area (Å²) in [5, 5.41) is 10.0. The largest absolute Gasteiger partial charge is 0.493 e. The maximum Gasteiger partial charge on any atom is 0.335 e. The first-order valence-electron chi connectivity index (χ1n) is 9.53. The van der Waals surface area contributed by atoms with Gasteiger partial charge in [0.2, 0.25) is 0 Å². The molecule has 0 spiro atoms. The Kier molecular flexibility index (Phi) is 5.57. The number of carboxylic acids is 1. The summed E-state index contributed by atoms with van der Waals surface area (Å²) in [4.78, 5) is 15.9. The molecular weight excluding hydrogens is 374 g/mol. The molecule has 1 fully saturated rings. The summed E-state index contributed by atoms with van der Waals surface area (Å²) >= 11 is 1.71. The minimum atomic E-state index is -0.912. The van der Waals surface area contributed by atoms with E-state index in [-0.39, 0.29) is 12.1 Å². The normalized spacial score (nSPS) is 19.5. The van der Waals surface area contributed by atoms with Gasteiger partial charge in [0.15, 0.2) is 11.5 Å². The topological polar surface area (TPSA) is 68.1 Å². The predicted molar refractivity (Wildman–Crippen MR) is 111 cm³/mol. The molecule has 1 aliphatic heterocycles. The van der Waals surface area contributed by atoms with E-state index in [1.165, 1.54) is 12.8 Å². The van der Waals surface area contributed by atoms with E-state index >= 15 is 0 Å². The zero-order valence-corrected chi connectivity index (χ0v) is 16.6. The van der Waals surface area contributed by atoms with Gasteiger partial charge in [-0.15, -0.1) is 11.8 Å². The van der Waals surface area contributed by atoms with Crippen LogP contribution in [0.3, 0.4) is 0 Å². The van der Waals surface area contributed by atoms with Gasteiger partial charge in [0.05, 0.1) is 29.9 Å². The monoisotopic (exact) mass is 397 g/mol. The maximum absolute atomic E-state index is 11.0. The van der Waals surface area contributed by atoms with E-state index in [1.54, 1.807) is 31.0 Å². The smallest absolute Gasteiger partial charge is 0.335 e. The molecule has 1 heterocycles. The van der Waals surface area contributed by atoms with E-state index in [9.17, 15) is 4.79 Å². The fourth-order valence-corrected chi connectivity index (χ4v) is 4.72. The molecule has 1 saturated carbocycles. The number of hydrogen-bond acceptors (Lipinski definition) is 5.